The molecule has 28 heavy (non-hydrogen) atoms. The lowest BCUT2D eigenvalue weighted by molar-refractivity contribution is 0.100. The fourth-order valence-corrected chi connectivity index (χ4v) is 4.15. The van der Waals surface area contributed by atoms with E-state index in [0.29, 0.717) is 47.3 Å². The first kappa shape index (κ1) is 18.5. The summed E-state index contributed by atoms with van der Waals surface area (Å²) in [6.45, 7) is 2.37. The quantitative estimate of drug-likeness (QED) is 0.683. The molecule has 1 aromatic carbocycles. The number of carbonyl (C=O) groups is 2. The van der Waals surface area contributed by atoms with Crippen LogP contribution in [-0.4, -0.2) is 53.0 Å². The second-order valence-electron chi connectivity index (χ2n) is 6.30. The van der Waals surface area contributed by atoms with Gasteiger partial charge >= 0.3 is 6.03 Å². The van der Waals surface area contributed by atoms with Crippen molar-refractivity contribution in [2.75, 3.05) is 36.4 Å². The van der Waals surface area contributed by atoms with Crippen LogP contribution >= 0.6 is 22.9 Å². The van der Waals surface area contributed by atoms with Crippen molar-refractivity contribution < 1.29 is 9.59 Å². The maximum absolute atomic E-state index is 12.5. The summed E-state index contributed by atoms with van der Waals surface area (Å²) in [6, 6.07) is 8.53. The van der Waals surface area contributed by atoms with Crippen molar-refractivity contribution in [3.8, 4) is 0 Å². The Morgan fingerprint density at radius 2 is 1.82 bits per heavy atom. The second kappa shape index (κ2) is 7.61. The van der Waals surface area contributed by atoms with Gasteiger partial charge in [-0.25, -0.2) is 14.8 Å². The van der Waals surface area contributed by atoms with Crippen LogP contribution in [0.2, 0.25) is 5.02 Å². The molecule has 3 N–H and O–H groups in total. The van der Waals surface area contributed by atoms with Crippen LogP contribution < -0.4 is 16.0 Å². The van der Waals surface area contributed by atoms with Crippen molar-refractivity contribution in [1.29, 1.82) is 0 Å². The van der Waals surface area contributed by atoms with Gasteiger partial charge in [-0.15, -0.1) is 11.3 Å². The average Bonchev–Trinajstić information content (AvgIpc) is 3.15. The van der Waals surface area contributed by atoms with Crippen molar-refractivity contribution in [3.05, 3.63) is 46.6 Å². The van der Waals surface area contributed by atoms with Crippen LogP contribution in [-0.2, 0) is 0 Å². The predicted octanol–water partition coefficient (Wildman–Crippen LogP) is 2.80. The molecule has 4 rings (SSSR count). The van der Waals surface area contributed by atoms with Crippen molar-refractivity contribution in [1.82, 2.24) is 14.9 Å². The third kappa shape index (κ3) is 3.71. The van der Waals surface area contributed by atoms with Gasteiger partial charge in [0.2, 0.25) is 0 Å². The molecule has 3 amide bonds. The van der Waals surface area contributed by atoms with E-state index >= 15 is 0 Å². The number of nitrogens with two attached hydrogens (primary N) is 1. The summed E-state index contributed by atoms with van der Waals surface area (Å²) in [4.78, 5) is 36.8. The molecule has 8 nitrogen and oxygen atoms in total. The van der Waals surface area contributed by atoms with Gasteiger partial charge in [-0.2, -0.15) is 0 Å². The standard InChI is InChI=1S/C18H17ClN6O2S/c19-11-1-3-12(4-2-11)23-18(27)25-7-5-24(6-8-25)17-15-13(21-10-22-17)9-14(28-15)16(20)26/h1-4,9-10H,5-8H2,(H2,20,26)(H,23,27). The first-order valence-electron chi connectivity index (χ1n) is 8.62. The molecule has 1 aliphatic rings. The minimum atomic E-state index is -0.474. The maximum Gasteiger partial charge on any atom is 0.321 e. The number of rotatable bonds is 3. The van der Waals surface area contributed by atoms with Crippen LogP contribution in [0.4, 0.5) is 16.3 Å². The number of aromatic nitrogens is 2. The molecule has 2 aromatic heterocycles. The molecule has 0 atom stereocenters. The lowest BCUT2D eigenvalue weighted by Gasteiger charge is -2.35. The van der Waals surface area contributed by atoms with E-state index in [4.69, 9.17) is 17.3 Å². The molecule has 1 fully saturated rings. The van der Waals surface area contributed by atoms with Crippen molar-refractivity contribution in [3.63, 3.8) is 0 Å². The lowest BCUT2D eigenvalue weighted by Crippen LogP contribution is -2.50. The largest absolute Gasteiger partial charge is 0.365 e. The van der Waals surface area contributed by atoms with Crippen LogP contribution in [0.25, 0.3) is 10.2 Å². The Balaban J connectivity index is 1.44. The van der Waals surface area contributed by atoms with Crippen LogP contribution in [0.5, 0.6) is 0 Å². The van der Waals surface area contributed by atoms with Gasteiger partial charge in [-0.05, 0) is 30.3 Å². The van der Waals surface area contributed by atoms with Crippen LogP contribution in [0.3, 0.4) is 0 Å². The molecular weight excluding hydrogens is 400 g/mol. The van der Waals surface area contributed by atoms with Crippen molar-refractivity contribution >= 4 is 56.6 Å². The molecule has 0 unspecified atom stereocenters. The van der Waals surface area contributed by atoms with Gasteiger partial charge in [-0.1, -0.05) is 11.6 Å². The zero-order valence-corrected chi connectivity index (χ0v) is 16.3. The molecule has 0 radical (unpaired) electrons. The number of carbonyl (C=O) groups excluding carboxylic acids is 2. The number of urea groups is 1. The zero-order chi connectivity index (χ0) is 19.7. The highest BCUT2D eigenvalue weighted by Crippen LogP contribution is 2.31. The molecule has 10 heteroatoms. The Morgan fingerprint density at radius 3 is 2.50 bits per heavy atom. The van der Waals surface area contributed by atoms with Gasteiger partial charge in [0.1, 0.15) is 12.1 Å². The maximum atomic E-state index is 12.5. The van der Waals surface area contributed by atoms with E-state index in [1.807, 2.05) is 0 Å². The Labute approximate surface area is 169 Å². The summed E-state index contributed by atoms with van der Waals surface area (Å²) in [5.41, 5.74) is 6.78. The fourth-order valence-electron chi connectivity index (χ4n) is 3.05. The molecule has 3 heterocycles. The van der Waals surface area contributed by atoms with E-state index in [1.54, 1.807) is 35.2 Å². The summed E-state index contributed by atoms with van der Waals surface area (Å²) < 4.78 is 0.829. The Morgan fingerprint density at radius 1 is 1.11 bits per heavy atom. The van der Waals surface area contributed by atoms with E-state index in [2.05, 4.69) is 20.2 Å². The first-order chi connectivity index (χ1) is 13.5. The molecule has 144 valence electrons. The summed E-state index contributed by atoms with van der Waals surface area (Å²) in [5, 5.41) is 3.49. The zero-order valence-electron chi connectivity index (χ0n) is 14.8. The van der Waals surface area contributed by atoms with Gasteiger partial charge in [0, 0.05) is 36.9 Å². The summed E-state index contributed by atoms with van der Waals surface area (Å²) >= 11 is 7.16. The van der Waals surface area contributed by atoms with Gasteiger partial charge in [0.25, 0.3) is 5.91 Å². The van der Waals surface area contributed by atoms with Crippen LogP contribution in [0.15, 0.2) is 36.7 Å². The van der Waals surface area contributed by atoms with Gasteiger partial charge in [0.05, 0.1) is 15.1 Å². The third-order valence-corrected chi connectivity index (χ3v) is 5.88. The Kier molecular flexibility index (Phi) is 5.01. The highest BCUT2D eigenvalue weighted by molar-refractivity contribution is 7.21. The molecule has 0 spiro atoms. The number of primary amides is 1. The summed E-state index contributed by atoms with van der Waals surface area (Å²) in [5.74, 6) is 0.290. The highest BCUT2D eigenvalue weighted by atomic mass is 35.5. The monoisotopic (exact) mass is 416 g/mol. The van der Waals surface area contributed by atoms with E-state index in [-0.39, 0.29) is 6.03 Å². The summed E-state index contributed by atoms with van der Waals surface area (Å²) in [6.07, 6.45) is 1.48. The number of anilines is 2. The first-order valence-corrected chi connectivity index (χ1v) is 9.81. The highest BCUT2D eigenvalue weighted by Gasteiger charge is 2.24. The average molecular weight is 417 g/mol. The Bertz CT molecular complexity index is 1030. The van der Waals surface area contributed by atoms with Crippen LogP contribution in [0, 0.1) is 0 Å². The number of benzene rings is 1. The van der Waals surface area contributed by atoms with Gasteiger partial charge < -0.3 is 20.9 Å². The van der Waals surface area contributed by atoms with E-state index < -0.39 is 5.91 Å². The molecule has 1 saturated heterocycles. The smallest absolute Gasteiger partial charge is 0.321 e. The number of hydrogen-bond acceptors (Lipinski definition) is 6. The summed E-state index contributed by atoms with van der Waals surface area (Å²) in [7, 11) is 0. The van der Waals surface area contributed by atoms with Crippen molar-refractivity contribution in [2.45, 2.75) is 0 Å². The van der Waals surface area contributed by atoms with Crippen molar-refractivity contribution in [2.24, 2.45) is 5.73 Å². The Hall–Kier alpha value is -2.91. The minimum Gasteiger partial charge on any atom is -0.365 e. The predicted molar refractivity (Wildman–Crippen MR) is 110 cm³/mol. The molecule has 0 saturated carbocycles. The van der Waals surface area contributed by atoms with E-state index in [9.17, 15) is 9.59 Å². The molecule has 0 bridgehead atoms. The van der Waals surface area contributed by atoms with E-state index in [1.165, 1.54) is 17.7 Å². The molecule has 3 aromatic rings. The topological polar surface area (TPSA) is 104 Å². The van der Waals surface area contributed by atoms with Crippen LogP contribution in [0.1, 0.15) is 9.67 Å². The lowest BCUT2D eigenvalue weighted by atomic mass is 10.3. The van der Waals surface area contributed by atoms with Gasteiger partial charge in [-0.3, -0.25) is 4.79 Å². The SMILES string of the molecule is NC(=O)c1cc2ncnc(N3CCN(C(=O)Nc4ccc(Cl)cc4)CC3)c2s1. The molecular formula is C18H17ClN6O2S. The molecule has 0 aliphatic carbocycles. The fraction of sp³-hybridized carbons (Fsp3) is 0.222. The number of thiophene rings is 1. The second-order valence-corrected chi connectivity index (χ2v) is 7.79. The van der Waals surface area contributed by atoms with Gasteiger partial charge in [0.15, 0.2) is 0 Å². The number of halogens is 1. The minimum absolute atomic E-state index is 0.151. The molecule has 1 aliphatic heterocycles. The number of nitrogens with one attached hydrogen (secondary N) is 1. The third-order valence-electron chi connectivity index (χ3n) is 4.50. The number of amides is 3. The number of fused-ring (bicyclic) bond motifs is 1. The normalized spacial score (nSPS) is 14.3. The number of hydrogen-bond donors (Lipinski definition) is 2. The number of piperazine rings is 1. The van der Waals surface area contributed by atoms with E-state index in [0.717, 1.165) is 10.5 Å². The number of nitrogens with zero attached hydrogens (tertiary/aromatic N) is 4.